The molecule has 1 saturated heterocycles. The van der Waals surface area contributed by atoms with Crippen molar-refractivity contribution in [2.45, 2.75) is 50.2 Å². The van der Waals surface area contributed by atoms with E-state index in [0.717, 1.165) is 5.25 Å². The molecule has 0 aliphatic carbocycles. The summed E-state index contributed by atoms with van der Waals surface area (Å²) in [6, 6.07) is 1.54. The fourth-order valence-corrected chi connectivity index (χ4v) is 6.23. The number of thioether (sulfide) groups is 1. The van der Waals surface area contributed by atoms with Crippen molar-refractivity contribution >= 4 is 19.8 Å². The molecule has 0 bridgehead atoms. The van der Waals surface area contributed by atoms with Crippen LogP contribution in [0.5, 0.6) is 0 Å². The highest BCUT2D eigenvalue weighted by Gasteiger charge is 2.22. The summed E-state index contributed by atoms with van der Waals surface area (Å²) in [6.45, 7) is 7.46. The van der Waals surface area contributed by atoms with Crippen LogP contribution in [0.3, 0.4) is 0 Å². The smallest absolute Gasteiger partial charge is 0.0453 e. The quantitative estimate of drug-likeness (QED) is 0.597. The van der Waals surface area contributed by atoms with Gasteiger partial charge in [-0.15, -0.1) is 0 Å². The van der Waals surface area contributed by atoms with E-state index in [-0.39, 0.29) is 0 Å². The van der Waals surface area contributed by atoms with Gasteiger partial charge in [0.25, 0.3) is 0 Å². The van der Waals surface area contributed by atoms with Gasteiger partial charge in [0, 0.05) is 13.3 Å². The first kappa shape index (κ1) is 9.65. The molecule has 0 spiro atoms. The van der Waals surface area contributed by atoms with Crippen molar-refractivity contribution in [1.29, 1.82) is 0 Å². The normalized spacial score (nSPS) is 27.0. The van der Waals surface area contributed by atoms with E-state index < -0.39 is 8.07 Å². The number of hydrogen-bond donors (Lipinski definition) is 0. The minimum absolute atomic E-state index is 0.765. The molecule has 1 heterocycles. The molecule has 1 rings (SSSR count). The average molecular weight is 188 g/mol. The number of rotatable bonds is 2. The molecule has 66 valence electrons. The minimum atomic E-state index is -0.765. The summed E-state index contributed by atoms with van der Waals surface area (Å²) in [6.07, 6.45) is 4.45. The maximum Gasteiger partial charge on any atom is 0.0453 e. The lowest BCUT2D eigenvalue weighted by Crippen LogP contribution is -2.26. The first-order valence-corrected chi connectivity index (χ1v) is 9.45. The van der Waals surface area contributed by atoms with E-state index in [2.05, 4.69) is 31.4 Å². The molecule has 1 unspecified atom stereocenters. The summed E-state index contributed by atoms with van der Waals surface area (Å²) < 4.78 is 0. The molecule has 0 radical (unpaired) electrons. The van der Waals surface area contributed by atoms with E-state index >= 15 is 0 Å². The van der Waals surface area contributed by atoms with Crippen molar-refractivity contribution in [2.24, 2.45) is 0 Å². The molecule has 11 heavy (non-hydrogen) atoms. The van der Waals surface area contributed by atoms with Gasteiger partial charge in [0.2, 0.25) is 0 Å². The molecule has 0 N–H and O–H groups in total. The fourth-order valence-electron chi connectivity index (χ4n) is 1.65. The summed E-state index contributed by atoms with van der Waals surface area (Å²) in [5.74, 6) is 1.43. The second kappa shape index (κ2) is 3.99. The van der Waals surface area contributed by atoms with Gasteiger partial charge < -0.3 is 0 Å². The van der Waals surface area contributed by atoms with E-state index in [1.54, 1.807) is 0 Å². The van der Waals surface area contributed by atoms with Crippen LogP contribution in [-0.2, 0) is 0 Å². The van der Waals surface area contributed by atoms with E-state index in [4.69, 9.17) is 0 Å². The molecule has 0 aromatic rings. The van der Waals surface area contributed by atoms with Gasteiger partial charge in [-0.2, -0.15) is 11.8 Å². The summed E-state index contributed by atoms with van der Waals surface area (Å²) >= 11 is 2.22. The lowest BCUT2D eigenvalue weighted by molar-refractivity contribution is 0.688. The second-order valence-corrected chi connectivity index (χ2v) is 11.7. The van der Waals surface area contributed by atoms with Crippen molar-refractivity contribution in [1.82, 2.24) is 0 Å². The minimum Gasteiger partial charge on any atom is -0.159 e. The maximum atomic E-state index is 2.49. The summed E-state index contributed by atoms with van der Waals surface area (Å²) in [5.41, 5.74) is 0. The SMILES string of the molecule is C[Si](C)(C)CC1CCCCS1. The lowest BCUT2D eigenvalue weighted by atomic mass is 10.2. The molecule has 1 aliphatic rings. The standard InChI is InChI=1S/C9H20SSi/c1-11(2,3)8-9-6-4-5-7-10-9/h9H,4-8H2,1-3H3. The van der Waals surface area contributed by atoms with Crippen LogP contribution < -0.4 is 0 Å². The molecule has 0 aromatic heterocycles. The van der Waals surface area contributed by atoms with Crippen LogP contribution in [0.2, 0.25) is 25.7 Å². The molecule has 2 heteroatoms. The first-order valence-electron chi connectivity index (χ1n) is 4.69. The maximum absolute atomic E-state index is 2.49. The van der Waals surface area contributed by atoms with Crippen molar-refractivity contribution < 1.29 is 0 Å². The van der Waals surface area contributed by atoms with Crippen molar-refractivity contribution in [3.8, 4) is 0 Å². The topological polar surface area (TPSA) is 0 Å². The summed E-state index contributed by atoms with van der Waals surface area (Å²) in [4.78, 5) is 0. The zero-order valence-electron chi connectivity index (χ0n) is 8.02. The van der Waals surface area contributed by atoms with Crippen molar-refractivity contribution in [2.75, 3.05) is 5.75 Å². The van der Waals surface area contributed by atoms with Gasteiger partial charge in [-0.25, -0.2) is 0 Å². The highest BCUT2D eigenvalue weighted by molar-refractivity contribution is 8.00. The highest BCUT2D eigenvalue weighted by atomic mass is 32.2. The highest BCUT2D eigenvalue weighted by Crippen LogP contribution is 2.31. The van der Waals surface area contributed by atoms with E-state index in [0.29, 0.717) is 0 Å². The Kier molecular flexibility index (Phi) is 3.50. The second-order valence-electron chi connectivity index (χ2n) is 4.75. The Bertz CT molecular complexity index is 111. The molecule has 1 aliphatic heterocycles. The third kappa shape index (κ3) is 4.21. The van der Waals surface area contributed by atoms with Crippen molar-refractivity contribution in [3.63, 3.8) is 0 Å². The van der Waals surface area contributed by atoms with Gasteiger partial charge in [0.05, 0.1) is 0 Å². The number of hydrogen-bond acceptors (Lipinski definition) is 1. The van der Waals surface area contributed by atoms with E-state index in [1.807, 2.05) is 0 Å². The predicted octanol–water partition coefficient (Wildman–Crippen LogP) is 3.61. The Morgan fingerprint density at radius 2 is 2.00 bits per heavy atom. The molecular formula is C9H20SSi. The van der Waals surface area contributed by atoms with E-state index in [1.165, 1.54) is 31.1 Å². The molecule has 0 nitrogen and oxygen atoms in total. The Labute approximate surface area is 76.2 Å². The Hall–Kier alpha value is 0.567. The molecule has 1 fully saturated rings. The predicted molar refractivity (Wildman–Crippen MR) is 58.3 cm³/mol. The van der Waals surface area contributed by atoms with Crippen LogP contribution in [-0.4, -0.2) is 19.1 Å². The molecule has 0 saturated carbocycles. The third-order valence-electron chi connectivity index (χ3n) is 2.11. The summed E-state index contributed by atoms with van der Waals surface area (Å²) in [5, 5.41) is 1.02. The Morgan fingerprint density at radius 1 is 1.27 bits per heavy atom. The van der Waals surface area contributed by atoms with Crippen LogP contribution in [0.1, 0.15) is 19.3 Å². The van der Waals surface area contributed by atoms with Crippen LogP contribution in [0.25, 0.3) is 0 Å². The first-order chi connectivity index (χ1) is 5.08. The Balaban J connectivity index is 2.24. The zero-order valence-corrected chi connectivity index (χ0v) is 9.84. The fraction of sp³-hybridized carbons (Fsp3) is 1.00. The third-order valence-corrected chi connectivity index (χ3v) is 5.53. The molecular weight excluding hydrogens is 168 g/mol. The summed E-state index contributed by atoms with van der Waals surface area (Å²) in [7, 11) is -0.765. The van der Waals surface area contributed by atoms with Crippen molar-refractivity contribution in [3.05, 3.63) is 0 Å². The molecule has 1 atom stereocenters. The zero-order chi connectivity index (χ0) is 8.32. The van der Waals surface area contributed by atoms with Crippen LogP contribution in [0.15, 0.2) is 0 Å². The van der Waals surface area contributed by atoms with Gasteiger partial charge in [-0.1, -0.05) is 26.1 Å². The largest absolute Gasteiger partial charge is 0.159 e. The van der Waals surface area contributed by atoms with Gasteiger partial charge in [0.15, 0.2) is 0 Å². The Morgan fingerprint density at radius 3 is 2.45 bits per heavy atom. The average Bonchev–Trinajstić information content (AvgIpc) is 1.85. The monoisotopic (exact) mass is 188 g/mol. The molecule has 0 amide bonds. The van der Waals surface area contributed by atoms with Crippen LogP contribution in [0, 0.1) is 0 Å². The van der Waals surface area contributed by atoms with E-state index in [9.17, 15) is 0 Å². The molecule has 0 aromatic carbocycles. The van der Waals surface area contributed by atoms with Crippen LogP contribution >= 0.6 is 11.8 Å². The lowest BCUT2D eigenvalue weighted by Gasteiger charge is -2.27. The van der Waals surface area contributed by atoms with Gasteiger partial charge in [-0.3, -0.25) is 0 Å². The van der Waals surface area contributed by atoms with Gasteiger partial charge in [-0.05, 0) is 24.6 Å². The van der Waals surface area contributed by atoms with Gasteiger partial charge in [0.1, 0.15) is 0 Å². The van der Waals surface area contributed by atoms with Crippen LogP contribution in [0.4, 0.5) is 0 Å². The van der Waals surface area contributed by atoms with Gasteiger partial charge >= 0.3 is 0 Å².